The number of phosphoric acid groups is 1. The third-order valence-corrected chi connectivity index (χ3v) is 10.6. The van der Waals surface area contributed by atoms with Crippen molar-refractivity contribution in [2.75, 3.05) is 13.2 Å². The number of phosphoric ester groups is 1. The number of carbonyl (C=O) groups is 2. The molecule has 0 radical (unpaired) electrons. The third-order valence-electron chi connectivity index (χ3n) is 10.1. The van der Waals surface area contributed by atoms with E-state index in [0.717, 1.165) is 64.2 Å². The van der Waals surface area contributed by atoms with Crippen LogP contribution < -0.4 is 0 Å². The monoisotopic (exact) mass is 823 g/mol. The first-order valence-corrected chi connectivity index (χ1v) is 25.0. The van der Waals surface area contributed by atoms with Gasteiger partial charge in [-0.05, 0) is 51.4 Å². The van der Waals surface area contributed by atoms with Crippen molar-refractivity contribution < 1.29 is 37.9 Å². The van der Waals surface area contributed by atoms with Crippen LogP contribution in [0.3, 0.4) is 0 Å². The lowest BCUT2D eigenvalue weighted by Gasteiger charge is -2.18. The molecule has 0 saturated heterocycles. The maximum absolute atomic E-state index is 12.5. The lowest BCUT2D eigenvalue weighted by Crippen LogP contribution is -2.29. The Kier molecular flexibility index (Phi) is 42.1. The molecule has 0 aliphatic carbocycles. The second kappa shape index (κ2) is 43.6. The summed E-state index contributed by atoms with van der Waals surface area (Å²) in [6.07, 6.45) is 54.1. The van der Waals surface area contributed by atoms with E-state index < -0.39 is 32.5 Å². The number of esters is 2. The Bertz CT molecular complexity index is 1060. The SMILES string of the molecule is CCC/C=C/C/C=C/C/C=C/C/C=C/CCCCCC(=O)OC[C@H](COP(=O)(O)O)OC(=O)CCCCCCCCCCCCCCCCCCCCCCCC. The lowest BCUT2D eigenvalue weighted by molar-refractivity contribution is -0.161. The van der Waals surface area contributed by atoms with Gasteiger partial charge < -0.3 is 19.3 Å². The molecular formula is C48H87O8P. The maximum atomic E-state index is 12.5. The lowest BCUT2D eigenvalue weighted by atomic mass is 10.0. The van der Waals surface area contributed by atoms with E-state index in [1.807, 2.05) is 0 Å². The summed E-state index contributed by atoms with van der Waals surface area (Å²) in [4.78, 5) is 43.0. The largest absolute Gasteiger partial charge is 0.469 e. The van der Waals surface area contributed by atoms with Crippen LogP contribution >= 0.6 is 7.82 Å². The fraction of sp³-hybridized carbons (Fsp3) is 0.792. The van der Waals surface area contributed by atoms with Crippen molar-refractivity contribution in [1.82, 2.24) is 0 Å². The van der Waals surface area contributed by atoms with Crippen molar-refractivity contribution in [3.63, 3.8) is 0 Å². The van der Waals surface area contributed by atoms with Gasteiger partial charge in [0.15, 0.2) is 6.10 Å². The Hall–Kier alpha value is -1.99. The Morgan fingerprint density at radius 3 is 1.25 bits per heavy atom. The Balaban J connectivity index is 3.87. The van der Waals surface area contributed by atoms with Gasteiger partial charge in [-0.15, -0.1) is 0 Å². The summed E-state index contributed by atoms with van der Waals surface area (Å²) in [6, 6.07) is 0. The quantitative estimate of drug-likeness (QED) is 0.0270. The molecule has 0 spiro atoms. The van der Waals surface area contributed by atoms with Gasteiger partial charge in [0.05, 0.1) is 6.61 Å². The Morgan fingerprint density at radius 2 is 0.825 bits per heavy atom. The molecule has 8 nitrogen and oxygen atoms in total. The predicted octanol–water partition coefficient (Wildman–Crippen LogP) is 14.7. The number of hydrogen-bond acceptors (Lipinski definition) is 6. The fourth-order valence-electron chi connectivity index (χ4n) is 6.60. The standard InChI is InChI=1S/C48H87O8P/c1-3-5-7-9-11-13-15-17-19-21-22-23-24-25-27-29-31-33-35-37-39-41-43-48(50)56-46(45-55-57(51,52)53)44-54-47(49)42-40-38-36-34-32-30-28-26-20-18-16-14-12-10-8-6-4-2/h8,10,14,16,20,26,30,32,46H,3-7,9,11-13,15,17-19,21-25,27-29,31,33-45H2,1-2H3,(H2,51,52,53)/b10-8+,16-14+,26-20+,32-30+/t46-/m1/s1. The van der Waals surface area contributed by atoms with Gasteiger partial charge in [0.2, 0.25) is 0 Å². The van der Waals surface area contributed by atoms with Crippen LogP contribution in [0, 0.1) is 0 Å². The molecule has 332 valence electrons. The van der Waals surface area contributed by atoms with Crippen LogP contribution in [0.5, 0.6) is 0 Å². The Labute approximate surface area is 350 Å². The average molecular weight is 823 g/mol. The summed E-state index contributed by atoms with van der Waals surface area (Å²) in [5.74, 6) is -0.914. The molecule has 0 rings (SSSR count). The third kappa shape index (κ3) is 46.6. The van der Waals surface area contributed by atoms with Gasteiger partial charge in [-0.3, -0.25) is 14.1 Å². The molecule has 1 atom stereocenters. The average Bonchev–Trinajstić information content (AvgIpc) is 3.18. The first kappa shape index (κ1) is 55.0. The van der Waals surface area contributed by atoms with Crippen LogP contribution in [0.25, 0.3) is 0 Å². The van der Waals surface area contributed by atoms with E-state index >= 15 is 0 Å². The smallest absolute Gasteiger partial charge is 0.462 e. The number of carbonyl (C=O) groups excluding carboxylic acids is 2. The summed E-state index contributed by atoms with van der Waals surface area (Å²) in [7, 11) is -4.76. The summed E-state index contributed by atoms with van der Waals surface area (Å²) >= 11 is 0. The maximum Gasteiger partial charge on any atom is 0.469 e. The van der Waals surface area contributed by atoms with Crippen LogP contribution in [0.4, 0.5) is 0 Å². The molecule has 0 aliphatic rings. The van der Waals surface area contributed by atoms with E-state index in [0.29, 0.717) is 12.8 Å². The second-order valence-corrected chi connectivity index (χ2v) is 17.0. The highest BCUT2D eigenvalue weighted by molar-refractivity contribution is 7.46. The highest BCUT2D eigenvalue weighted by atomic mass is 31.2. The summed E-state index contributed by atoms with van der Waals surface area (Å²) in [5, 5.41) is 0. The minimum Gasteiger partial charge on any atom is -0.462 e. The zero-order chi connectivity index (χ0) is 41.8. The molecule has 0 aromatic rings. The molecule has 2 N–H and O–H groups in total. The number of allylic oxidation sites excluding steroid dienone is 8. The molecule has 0 aromatic carbocycles. The van der Waals surface area contributed by atoms with Crippen molar-refractivity contribution in [1.29, 1.82) is 0 Å². The predicted molar refractivity (Wildman–Crippen MR) is 239 cm³/mol. The first-order chi connectivity index (χ1) is 27.8. The molecular weight excluding hydrogens is 735 g/mol. The number of rotatable bonds is 43. The van der Waals surface area contributed by atoms with Crippen molar-refractivity contribution >= 4 is 19.8 Å². The van der Waals surface area contributed by atoms with Crippen LogP contribution in [-0.2, 0) is 28.2 Å². The minimum absolute atomic E-state index is 0.207. The van der Waals surface area contributed by atoms with Gasteiger partial charge in [-0.25, -0.2) is 4.57 Å². The summed E-state index contributed by atoms with van der Waals surface area (Å²) < 4.78 is 26.4. The summed E-state index contributed by atoms with van der Waals surface area (Å²) in [6.45, 7) is 3.62. The van der Waals surface area contributed by atoms with Crippen LogP contribution in [0.1, 0.15) is 226 Å². The first-order valence-electron chi connectivity index (χ1n) is 23.4. The van der Waals surface area contributed by atoms with Crippen LogP contribution in [-0.4, -0.2) is 41.0 Å². The Morgan fingerprint density at radius 1 is 0.456 bits per heavy atom. The van der Waals surface area contributed by atoms with E-state index in [2.05, 4.69) is 67.0 Å². The highest BCUT2D eigenvalue weighted by Crippen LogP contribution is 2.36. The fourth-order valence-corrected chi connectivity index (χ4v) is 6.96. The topological polar surface area (TPSA) is 119 Å². The molecule has 57 heavy (non-hydrogen) atoms. The molecule has 0 saturated carbocycles. The van der Waals surface area contributed by atoms with E-state index in [9.17, 15) is 14.2 Å². The molecule has 0 aromatic heterocycles. The molecule has 0 unspecified atom stereocenters. The number of ether oxygens (including phenoxy) is 2. The molecule has 0 aliphatic heterocycles. The highest BCUT2D eigenvalue weighted by Gasteiger charge is 2.22. The summed E-state index contributed by atoms with van der Waals surface area (Å²) in [5.41, 5.74) is 0. The van der Waals surface area contributed by atoms with Crippen molar-refractivity contribution in [3.05, 3.63) is 48.6 Å². The zero-order valence-electron chi connectivity index (χ0n) is 36.7. The van der Waals surface area contributed by atoms with Crippen molar-refractivity contribution in [2.45, 2.75) is 232 Å². The molecule has 0 amide bonds. The van der Waals surface area contributed by atoms with E-state index in [1.54, 1.807) is 0 Å². The molecule has 9 heteroatoms. The van der Waals surface area contributed by atoms with Gasteiger partial charge in [-0.1, -0.05) is 210 Å². The van der Waals surface area contributed by atoms with Crippen molar-refractivity contribution in [2.24, 2.45) is 0 Å². The van der Waals surface area contributed by atoms with Gasteiger partial charge in [-0.2, -0.15) is 0 Å². The van der Waals surface area contributed by atoms with E-state index in [1.165, 1.54) is 122 Å². The number of hydrogen-bond donors (Lipinski definition) is 2. The van der Waals surface area contributed by atoms with Crippen LogP contribution in [0.15, 0.2) is 48.6 Å². The molecule has 0 bridgehead atoms. The van der Waals surface area contributed by atoms with E-state index in [4.69, 9.17) is 19.3 Å². The minimum atomic E-state index is -4.76. The van der Waals surface area contributed by atoms with Gasteiger partial charge in [0.1, 0.15) is 6.61 Å². The van der Waals surface area contributed by atoms with Crippen LogP contribution in [0.2, 0.25) is 0 Å². The second-order valence-electron chi connectivity index (χ2n) is 15.7. The van der Waals surface area contributed by atoms with E-state index in [-0.39, 0.29) is 19.4 Å². The molecule has 0 fully saturated rings. The zero-order valence-corrected chi connectivity index (χ0v) is 37.6. The van der Waals surface area contributed by atoms with Gasteiger partial charge in [0.25, 0.3) is 0 Å². The van der Waals surface area contributed by atoms with Gasteiger partial charge >= 0.3 is 19.8 Å². The normalized spacial score (nSPS) is 12.8. The number of unbranched alkanes of at least 4 members (excludes halogenated alkanes) is 25. The van der Waals surface area contributed by atoms with Gasteiger partial charge in [0, 0.05) is 12.8 Å². The molecule has 0 heterocycles. The van der Waals surface area contributed by atoms with Crippen molar-refractivity contribution in [3.8, 4) is 0 Å².